The van der Waals surface area contributed by atoms with Crippen molar-refractivity contribution in [1.82, 2.24) is 4.68 Å². The van der Waals surface area contributed by atoms with Gasteiger partial charge in [-0.3, -0.25) is 4.79 Å². The Bertz CT molecular complexity index is 679. The lowest BCUT2D eigenvalue weighted by molar-refractivity contribution is 0.285. The molecule has 1 aromatic carbocycles. The number of unbranched alkanes of at least 4 members (excludes halogenated alkanes) is 3. The fraction of sp³-hybridized carbons (Fsp3) is 0.471. The topological polar surface area (TPSA) is 63.5 Å². The van der Waals surface area contributed by atoms with Gasteiger partial charge in [-0.1, -0.05) is 38.3 Å². The second kappa shape index (κ2) is 7.73. The Morgan fingerprint density at radius 1 is 1.18 bits per heavy atom. The minimum atomic E-state index is -0.353. The molecule has 0 atom stereocenters. The molecule has 0 bridgehead atoms. The molecule has 0 aliphatic heterocycles. The lowest BCUT2D eigenvalue weighted by atomic mass is 10.2. The Kier molecular flexibility index (Phi) is 5.69. The number of nitrogens with zero attached hydrogens (tertiary/aromatic N) is 1. The third kappa shape index (κ3) is 3.35. The van der Waals surface area contributed by atoms with Gasteiger partial charge in [-0.2, -0.15) is 0 Å². The van der Waals surface area contributed by atoms with Crippen LogP contribution in [0.1, 0.15) is 39.5 Å². The summed E-state index contributed by atoms with van der Waals surface area (Å²) in [5.41, 5.74) is 3.30. The van der Waals surface area contributed by atoms with E-state index in [1.807, 2.05) is 19.1 Å². The van der Waals surface area contributed by atoms with Gasteiger partial charge in [0, 0.05) is 11.9 Å². The van der Waals surface area contributed by atoms with Crippen LogP contribution in [0.2, 0.25) is 0 Å². The SMILES string of the molecule is CCCCCCOc1c(O)c2ccccc2n(NCC)c1=O. The summed E-state index contributed by atoms with van der Waals surface area (Å²) in [6, 6.07) is 7.24. The van der Waals surface area contributed by atoms with Crippen molar-refractivity contribution in [3.63, 3.8) is 0 Å². The summed E-state index contributed by atoms with van der Waals surface area (Å²) >= 11 is 0. The number of fused-ring (bicyclic) bond motifs is 1. The number of para-hydroxylation sites is 1. The largest absolute Gasteiger partial charge is 0.504 e. The zero-order valence-corrected chi connectivity index (χ0v) is 13.3. The minimum Gasteiger partial charge on any atom is -0.504 e. The molecule has 22 heavy (non-hydrogen) atoms. The van der Waals surface area contributed by atoms with Crippen LogP contribution >= 0.6 is 0 Å². The van der Waals surface area contributed by atoms with E-state index in [0.29, 0.717) is 24.1 Å². The first kappa shape index (κ1) is 16.2. The van der Waals surface area contributed by atoms with Crippen LogP contribution in [-0.2, 0) is 0 Å². The molecule has 2 rings (SSSR count). The van der Waals surface area contributed by atoms with E-state index < -0.39 is 0 Å². The van der Waals surface area contributed by atoms with Crippen molar-refractivity contribution in [3.05, 3.63) is 34.6 Å². The highest BCUT2D eigenvalue weighted by Gasteiger charge is 2.17. The number of nitrogens with one attached hydrogen (secondary N) is 1. The lowest BCUT2D eigenvalue weighted by Gasteiger charge is -2.15. The average molecular weight is 304 g/mol. The molecule has 0 aliphatic carbocycles. The minimum absolute atomic E-state index is 0.0242. The molecule has 0 fully saturated rings. The molecule has 2 aromatic rings. The lowest BCUT2D eigenvalue weighted by Crippen LogP contribution is -2.30. The molecule has 0 saturated carbocycles. The van der Waals surface area contributed by atoms with Gasteiger partial charge in [0.1, 0.15) is 0 Å². The molecule has 120 valence electrons. The first-order valence-electron chi connectivity index (χ1n) is 7.94. The first-order chi connectivity index (χ1) is 10.7. The predicted molar refractivity (Wildman–Crippen MR) is 89.4 cm³/mol. The molecule has 0 amide bonds. The van der Waals surface area contributed by atoms with E-state index >= 15 is 0 Å². The summed E-state index contributed by atoms with van der Waals surface area (Å²) in [5, 5.41) is 11.0. The zero-order chi connectivity index (χ0) is 15.9. The van der Waals surface area contributed by atoms with E-state index in [1.54, 1.807) is 12.1 Å². The van der Waals surface area contributed by atoms with Crippen molar-refractivity contribution in [2.45, 2.75) is 39.5 Å². The number of rotatable bonds is 8. The van der Waals surface area contributed by atoms with E-state index in [1.165, 1.54) is 4.68 Å². The summed E-state index contributed by atoms with van der Waals surface area (Å²) in [4.78, 5) is 12.5. The Morgan fingerprint density at radius 3 is 2.68 bits per heavy atom. The molecule has 1 aromatic heterocycles. The molecule has 0 radical (unpaired) electrons. The van der Waals surface area contributed by atoms with Crippen LogP contribution in [0.3, 0.4) is 0 Å². The molecular weight excluding hydrogens is 280 g/mol. The van der Waals surface area contributed by atoms with Crippen molar-refractivity contribution in [2.24, 2.45) is 0 Å². The predicted octanol–water partition coefficient (Wildman–Crippen LogP) is 3.23. The van der Waals surface area contributed by atoms with Gasteiger partial charge in [0.2, 0.25) is 5.75 Å². The van der Waals surface area contributed by atoms with Crippen LogP contribution in [0.15, 0.2) is 29.1 Å². The summed E-state index contributed by atoms with van der Waals surface area (Å²) < 4.78 is 7.03. The Morgan fingerprint density at radius 2 is 1.95 bits per heavy atom. The van der Waals surface area contributed by atoms with Crippen molar-refractivity contribution in [3.8, 4) is 11.5 Å². The maximum atomic E-state index is 12.5. The Labute approximate surface area is 130 Å². The van der Waals surface area contributed by atoms with Gasteiger partial charge in [-0.25, -0.2) is 4.68 Å². The quantitative estimate of drug-likeness (QED) is 0.735. The van der Waals surface area contributed by atoms with Crippen molar-refractivity contribution in [2.75, 3.05) is 18.6 Å². The normalized spacial score (nSPS) is 10.8. The third-order valence-corrected chi connectivity index (χ3v) is 3.57. The number of aromatic nitrogens is 1. The molecule has 1 heterocycles. The summed E-state index contributed by atoms with van der Waals surface area (Å²) in [7, 11) is 0. The highest BCUT2D eigenvalue weighted by atomic mass is 16.5. The number of pyridine rings is 1. The van der Waals surface area contributed by atoms with E-state index in [-0.39, 0.29) is 17.1 Å². The maximum absolute atomic E-state index is 12.5. The summed E-state index contributed by atoms with van der Waals surface area (Å²) in [5.74, 6) is -0.0543. The van der Waals surface area contributed by atoms with Gasteiger partial charge >= 0.3 is 5.56 Å². The van der Waals surface area contributed by atoms with Gasteiger partial charge in [-0.05, 0) is 25.5 Å². The van der Waals surface area contributed by atoms with Crippen LogP contribution in [0.5, 0.6) is 11.5 Å². The fourth-order valence-corrected chi connectivity index (χ4v) is 2.45. The van der Waals surface area contributed by atoms with Gasteiger partial charge < -0.3 is 15.3 Å². The van der Waals surface area contributed by atoms with Gasteiger partial charge in [0.15, 0.2) is 5.75 Å². The van der Waals surface area contributed by atoms with Crippen molar-refractivity contribution >= 4 is 10.9 Å². The number of aromatic hydroxyl groups is 1. The van der Waals surface area contributed by atoms with Gasteiger partial charge in [-0.15, -0.1) is 0 Å². The van der Waals surface area contributed by atoms with Crippen molar-refractivity contribution in [1.29, 1.82) is 0 Å². The molecule has 0 saturated heterocycles. The van der Waals surface area contributed by atoms with E-state index in [0.717, 1.165) is 25.7 Å². The molecule has 0 unspecified atom stereocenters. The van der Waals surface area contributed by atoms with Gasteiger partial charge in [0.05, 0.1) is 12.1 Å². The van der Waals surface area contributed by atoms with Crippen LogP contribution in [0.25, 0.3) is 10.9 Å². The number of hydrogen-bond donors (Lipinski definition) is 2. The zero-order valence-electron chi connectivity index (χ0n) is 13.3. The molecule has 0 spiro atoms. The van der Waals surface area contributed by atoms with E-state index in [4.69, 9.17) is 4.74 Å². The maximum Gasteiger partial charge on any atom is 0.315 e. The smallest absolute Gasteiger partial charge is 0.315 e. The Hall–Kier alpha value is -2.17. The van der Waals surface area contributed by atoms with Crippen LogP contribution in [0.4, 0.5) is 0 Å². The van der Waals surface area contributed by atoms with E-state index in [2.05, 4.69) is 12.3 Å². The summed E-state index contributed by atoms with van der Waals surface area (Å²) in [6.45, 7) is 5.10. The molecule has 5 heteroatoms. The fourth-order valence-electron chi connectivity index (χ4n) is 2.45. The number of benzene rings is 1. The van der Waals surface area contributed by atoms with Crippen LogP contribution in [-0.4, -0.2) is 22.9 Å². The molecule has 5 nitrogen and oxygen atoms in total. The molecular formula is C17H24N2O3. The average Bonchev–Trinajstić information content (AvgIpc) is 2.54. The Balaban J connectivity index is 2.34. The van der Waals surface area contributed by atoms with E-state index in [9.17, 15) is 9.90 Å². The highest BCUT2D eigenvalue weighted by Crippen LogP contribution is 2.30. The second-order valence-electron chi connectivity index (χ2n) is 5.26. The standard InChI is InChI=1S/C17H24N2O3/c1-3-5-6-9-12-22-16-15(20)13-10-7-8-11-14(13)19(17(16)21)18-4-2/h7-8,10-11,18,20H,3-6,9,12H2,1-2H3. The molecule has 0 aliphatic rings. The first-order valence-corrected chi connectivity index (χ1v) is 7.94. The molecule has 2 N–H and O–H groups in total. The van der Waals surface area contributed by atoms with Crippen LogP contribution < -0.4 is 15.7 Å². The second-order valence-corrected chi connectivity index (χ2v) is 5.26. The van der Waals surface area contributed by atoms with Gasteiger partial charge in [0.25, 0.3) is 0 Å². The number of hydrogen-bond acceptors (Lipinski definition) is 4. The van der Waals surface area contributed by atoms with Crippen LogP contribution in [0, 0.1) is 0 Å². The monoisotopic (exact) mass is 304 g/mol. The number of ether oxygens (including phenoxy) is 1. The highest BCUT2D eigenvalue weighted by molar-refractivity contribution is 5.87. The summed E-state index contributed by atoms with van der Waals surface area (Å²) in [6.07, 6.45) is 4.23. The third-order valence-electron chi connectivity index (χ3n) is 3.57. The van der Waals surface area contributed by atoms with Crippen molar-refractivity contribution < 1.29 is 9.84 Å².